The highest BCUT2D eigenvalue weighted by Crippen LogP contribution is 2.26. The van der Waals surface area contributed by atoms with E-state index in [0.717, 1.165) is 11.3 Å². The predicted molar refractivity (Wildman–Crippen MR) is 71.7 cm³/mol. The van der Waals surface area contributed by atoms with Crippen LogP contribution in [0.4, 0.5) is 0 Å². The number of hydrogen-bond donors (Lipinski definition) is 2. The highest BCUT2D eigenvalue weighted by molar-refractivity contribution is 5.99. The fourth-order valence-electron chi connectivity index (χ4n) is 1.78. The van der Waals surface area contributed by atoms with E-state index in [2.05, 4.69) is 10.3 Å². The molecule has 0 atom stereocenters. The molecule has 0 spiro atoms. The van der Waals surface area contributed by atoms with Crippen molar-refractivity contribution in [2.24, 2.45) is 17.9 Å². The molecule has 0 amide bonds. The van der Waals surface area contributed by atoms with Crippen LogP contribution in [0.25, 0.3) is 0 Å². The van der Waals surface area contributed by atoms with Gasteiger partial charge in [-0.15, -0.1) is 0 Å². The number of ether oxygens (including phenoxy) is 1. The van der Waals surface area contributed by atoms with Crippen LogP contribution in [0.1, 0.15) is 16.8 Å². The van der Waals surface area contributed by atoms with Crippen molar-refractivity contribution in [1.29, 1.82) is 0 Å². The van der Waals surface area contributed by atoms with Gasteiger partial charge in [0.1, 0.15) is 5.75 Å². The van der Waals surface area contributed by atoms with Gasteiger partial charge in [-0.05, 0) is 26.0 Å². The van der Waals surface area contributed by atoms with Crippen molar-refractivity contribution in [2.45, 2.75) is 13.8 Å². The molecule has 6 heteroatoms. The number of amidine groups is 1. The SMILES string of the molecule is Cc1ccc(Oc2cc(C)nn2C)c(/C(N)=N/O)c1. The van der Waals surface area contributed by atoms with Crippen LogP contribution in [-0.2, 0) is 7.05 Å². The lowest BCUT2D eigenvalue weighted by atomic mass is 10.1. The molecule has 1 aromatic heterocycles. The smallest absolute Gasteiger partial charge is 0.217 e. The standard InChI is InChI=1S/C13H16N4O2/c1-8-4-5-11(10(6-8)13(14)16-18)19-12-7-9(2)15-17(12)3/h4-7,18H,1-3H3,(H2,14,16). The van der Waals surface area contributed by atoms with E-state index in [1.807, 2.05) is 26.0 Å². The summed E-state index contributed by atoms with van der Waals surface area (Å²) in [7, 11) is 1.79. The normalized spacial score (nSPS) is 11.6. The second-order valence-corrected chi connectivity index (χ2v) is 4.33. The van der Waals surface area contributed by atoms with Crippen LogP contribution in [0.3, 0.4) is 0 Å². The molecule has 0 radical (unpaired) electrons. The second-order valence-electron chi connectivity index (χ2n) is 4.33. The van der Waals surface area contributed by atoms with E-state index >= 15 is 0 Å². The molecule has 0 saturated heterocycles. The summed E-state index contributed by atoms with van der Waals surface area (Å²) in [6, 6.07) is 7.29. The van der Waals surface area contributed by atoms with Crippen molar-refractivity contribution in [3.63, 3.8) is 0 Å². The van der Waals surface area contributed by atoms with Crippen molar-refractivity contribution in [3.05, 3.63) is 41.1 Å². The van der Waals surface area contributed by atoms with Crippen molar-refractivity contribution < 1.29 is 9.94 Å². The molecule has 19 heavy (non-hydrogen) atoms. The van der Waals surface area contributed by atoms with Crippen LogP contribution < -0.4 is 10.5 Å². The first-order valence-corrected chi connectivity index (χ1v) is 5.78. The van der Waals surface area contributed by atoms with Crippen molar-refractivity contribution in [2.75, 3.05) is 0 Å². The molecule has 0 unspecified atom stereocenters. The van der Waals surface area contributed by atoms with Gasteiger partial charge in [0.2, 0.25) is 5.88 Å². The molecule has 1 aromatic carbocycles. The molecule has 2 rings (SSSR count). The first-order valence-electron chi connectivity index (χ1n) is 5.78. The zero-order valence-electron chi connectivity index (χ0n) is 11.1. The number of nitrogens with zero attached hydrogens (tertiary/aromatic N) is 3. The van der Waals surface area contributed by atoms with Crippen LogP contribution in [0.15, 0.2) is 29.4 Å². The fraction of sp³-hybridized carbons (Fsp3) is 0.231. The van der Waals surface area contributed by atoms with Gasteiger partial charge in [0.15, 0.2) is 5.84 Å². The average Bonchev–Trinajstić information content (AvgIpc) is 2.69. The van der Waals surface area contributed by atoms with Gasteiger partial charge >= 0.3 is 0 Å². The number of rotatable bonds is 3. The summed E-state index contributed by atoms with van der Waals surface area (Å²) < 4.78 is 7.40. The molecular weight excluding hydrogens is 244 g/mol. The molecule has 0 aliphatic heterocycles. The molecule has 0 aliphatic carbocycles. The average molecular weight is 260 g/mol. The molecule has 100 valence electrons. The van der Waals surface area contributed by atoms with Gasteiger partial charge in [0.05, 0.1) is 11.3 Å². The summed E-state index contributed by atoms with van der Waals surface area (Å²) in [6.45, 7) is 3.80. The Morgan fingerprint density at radius 3 is 2.68 bits per heavy atom. The molecule has 0 fully saturated rings. The molecule has 0 aliphatic rings. The molecule has 1 heterocycles. The number of nitrogens with two attached hydrogens (primary N) is 1. The number of benzene rings is 1. The highest BCUT2D eigenvalue weighted by atomic mass is 16.5. The summed E-state index contributed by atoms with van der Waals surface area (Å²) in [6.07, 6.45) is 0. The topological polar surface area (TPSA) is 85.7 Å². The monoisotopic (exact) mass is 260 g/mol. The molecule has 0 saturated carbocycles. The van der Waals surface area contributed by atoms with Crippen molar-refractivity contribution in [1.82, 2.24) is 9.78 Å². The second kappa shape index (κ2) is 5.01. The van der Waals surface area contributed by atoms with Crippen LogP contribution in [0.2, 0.25) is 0 Å². The largest absolute Gasteiger partial charge is 0.439 e. The third kappa shape index (κ3) is 2.67. The number of oxime groups is 1. The minimum absolute atomic E-state index is 0.0117. The Balaban J connectivity index is 2.42. The Morgan fingerprint density at radius 1 is 1.37 bits per heavy atom. The Kier molecular flexibility index (Phi) is 3.41. The molecule has 2 aromatic rings. The first kappa shape index (κ1) is 12.9. The molecule has 3 N–H and O–H groups in total. The van der Waals surface area contributed by atoms with Gasteiger partial charge in [-0.25, -0.2) is 4.68 Å². The maximum absolute atomic E-state index is 8.82. The van der Waals surface area contributed by atoms with E-state index in [4.69, 9.17) is 15.7 Å². The van der Waals surface area contributed by atoms with Gasteiger partial charge in [0.25, 0.3) is 0 Å². The third-order valence-electron chi connectivity index (χ3n) is 2.69. The van der Waals surface area contributed by atoms with Gasteiger partial charge in [-0.3, -0.25) is 0 Å². The van der Waals surface area contributed by atoms with Crippen LogP contribution in [0.5, 0.6) is 11.6 Å². The summed E-state index contributed by atoms with van der Waals surface area (Å²) in [5.74, 6) is 1.12. The Bertz CT molecular complexity index is 632. The number of aryl methyl sites for hydroxylation is 3. The van der Waals surface area contributed by atoms with E-state index in [-0.39, 0.29) is 5.84 Å². The quantitative estimate of drug-likeness (QED) is 0.382. The first-order chi connectivity index (χ1) is 9.01. The zero-order valence-corrected chi connectivity index (χ0v) is 11.1. The lowest BCUT2D eigenvalue weighted by molar-refractivity contribution is 0.318. The summed E-state index contributed by atoms with van der Waals surface area (Å²) in [5.41, 5.74) is 8.05. The maximum Gasteiger partial charge on any atom is 0.217 e. The lowest BCUT2D eigenvalue weighted by Gasteiger charge is -2.10. The highest BCUT2D eigenvalue weighted by Gasteiger charge is 2.12. The van der Waals surface area contributed by atoms with Gasteiger partial charge in [-0.2, -0.15) is 5.10 Å². The van der Waals surface area contributed by atoms with Gasteiger partial charge in [-0.1, -0.05) is 16.8 Å². The van der Waals surface area contributed by atoms with E-state index in [1.165, 1.54) is 0 Å². The van der Waals surface area contributed by atoms with Crippen LogP contribution in [-0.4, -0.2) is 20.8 Å². The van der Waals surface area contributed by atoms with Gasteiger partial charge in [0, 0.05) is 13.1 Å². The number of aromatic nitrogens is 2. The molecular formula is C13H16N4O2. The minimum Gasteiger partial charge on any atom is -0.439 e. The summed E-state index contributed by atoms with van der Waals surface area (Å²) in [4.78, 5) is 0. The van der Waals surface area contributed by atoms with Crippen molar-refractivity contribution in [3.8, 4) is 11.6 Å². The molecule has 0 bridgehead atoms. The maximum atomic E-state index is 8.82. The van der Waals surface area contributed by atoms with Crippen molar-refractivity contribution >= 4 is 5.84 Å². The Labute approximate surface area is 111 Å². The summed E-state index contributed by atoms with van der Waals surface area (Å²) >= 11 is 0. The zero-order chi connectivity index (χ0) is 14.0. The Hall–Kier alpha value is -2.50. The Morgan fingerprint density at radius 2 is 2.11 bits per heavy atom. The third-order valence-corrected chi connectivity index (χ3v) is 2.69. The minimum atomic E-state index is 0.0117. The van der Waals surface area contributed by atoms with E-state index in [0.29, 0.717) is 17.2 Å². The lowest BCUT2D eigenvalue weighted by Crippen LogP contribution is -2.14. The fourth-order valence-corrected chi connectivity index (χ4v) is 1.78. The van der Waals surface area contributed by atoms with Crippen LogP contribution in [0, 0.1) is 13.8 Å². The van der Waals surface area contributed by atoms with E-state index in [9.17, 15) is 0 Å². The van der Waals surface area contributed by atoms with Crippen LogP contribution >= 0.6 is 0 Å². The van der Waals surface area contributed by atoms with Gasteiger partial charge < -0.3 is 15.7 Å². The predicted octanol–water partition coefficient (Wildman–Crippen LogP) is 1.92. The van der Waals surface area contributed by atoms with E-state index in [1.54, 1.807) is 23.9 Å². The molecule has 6 nitrogen and oxygen atoms in total. The van der Waals surface area contributed by atoms with E-state index < -0.39 is 0 Å². The summed E-state index contributed by atoms with van der Waals surface area (Å²) in [5, 5.41) is 16.0. The number of hydrogen-bond acceptors (Lipinski definition) is 4.